The van der Waals surface area contributed by atoms with Gasteiger partial charge in [-0.2, -0.15) is 0 Å². The molecule has 0 radical (unpaired) electrons. The highest BCUT2D eigenvalue weighted by Crippen LogP contribution is 2.35. The Balaban J connectivity index is 1.48. The van der Waals surface area contributed by atoms with Crippen molar-refractivity contribution in [2.45, 2.75) is 44.1 Å². The Bertz CT molecular complexity index is 671. The maximum atomic E-state index is 12.5. The summed E-state index contributed by atoms with van der Waals surface area (Å²) in [6.45, 7) is 0.284. The highest BCUT2D eigenvalue weighted by Gasteiger charge is 2.51. The molecular formula is C17H20IN3O3. The van der Waals surface area contributed by atoms with E-state index in [-0.39, 0.29) is 30.8 Å². The molecule has 2 fully saturated rings. The fourth-order valence-corrected chi connectivity index (χ4v) is 3.93. The standard InChI is InChI=1S/C17H20IN3O3/c18-12-5-3-6-13(11-12)19-14(22)7-4-10-21-15(23)17(20-16(21)24)8-1-2-9-17/h3,5-6,11H,1-2,4,7-10H2,(H,19,22)(H,20,24). The van der Waals surface area contributed by atoms with Crippen molar-refractivity contribution in [3.05, 3.63) is 27.8 Å². The van der Waals surface area contributed by atoms with Gasteiger partial charge in [0.15, 0.2) is 0 Å². The number of amides is 4. The van der Waals surface area contributed by atoms with Crippen molar-refractivity contribution in [3.8, 4) is 0 Å². The molecule has 1 saturated carbocycles. The quantitative estimate of drug-likeness (QED) is 0.545. The minimum atomic E-state index is -0.667. The van der Waals surface area contributed by atoms with Crippen molar-refractivity contribution in [2.24, 2.45) is 0 Å². The summed E-state index contributed by atoms with van der Waals surface area (Å²) in [6, 6.07) is 7.24. The predicted molar refractivity (Wildman–Crippen MR) is 98.5 cm³/mol. The number of carbonyl (C=O) groups excluding carboxylic acids is 3. The fourth-order valence-electron chi connectivity index (χ4n) is 3.38. The molecule has 1 aliphatic heterocycles. The maximum absolute atomic E-state index is 12.5. The van der Waals surface area contributed by atoms with Gasteiger partial charge in [0.05, 0.1) is 0 Å². The second-order valence-electron chi connectivity index (χ2n) is 6.34. The zero-order chi connectivity index (χ0) is 17.2. The highest BCUT2D eigenvalue weighted by atomic mass is 127. The van der Waals surface area contributed by atoms with E-state index in [1.165, 1.54) is 4.90 Å². The first-order valence-electron chi connectivity index (χ1n) is 8.20. The van der Waals surface area contributed by atoms with Gasteiger partial charge >= 0.3 is 6.03 Å². The van der Waals surface area contributed by atoms with E-state index in [9.17, 15) is 14.4 Å². The molecule has 0 atom stereocenters. The number of nitrogens with zero attached hydrogens (tertiary/aromatic N) is 1. The summed E-state index contributed by atoms with van der Waals surface area (Å²) in [5, 5.41) is 5.68. The first kappa shape index (κ1) is 17.2. The van der Waals surface area contributed by atoms with Crippen molar-refractivity contribution >= 4 is 46.1 Å². The molecular weight excluding hydrogens is 421 g/mol. The van der Waals surface area contributed by atoms with E-state index in [4.69, 9.17) is 0 Å². The van der Waals surface area contributed by atoms with Gasteiger partial charge in [-0.15, -0.1) is 0 Å². The van der Waals surface area contributed by atoms with Crippen LogP contribution in [-0.2, 0) is 9.59 Å². The zero-order valence-electron chi connectivity index (χ0n) is 13.3. The van der Waals surface area contributed by atoms with Crippen LogP contribution in [0, 0.1) is 3.57 Å². The molecule has 24 heavy (non-hydrogen) atoms. The van der Waals surface area contributed by atoms with Crippen molar-refractivity contribution in [2.75, 3.05) is 11.9 Å². The molecule has 1 aromatic carbocycles. The Morgan fingerprint density at radius 3 is 2.75 bits per heavy atom. The van der Waals surface area contributed by atoms with E-state index >= 15 is 0 Å². The molecule has 0 bridgehead atoms. The Hall–Kier alpha value is -1.64. The number of hydrogen-bond acceptors (Lipinski definition) is 3. The van der Waals surface area contributed by atoms with Gasteiger partial charge in [0.2, 0.25) is 5.91 Å². The van der Waals surface area contributed by atoms with Crippen LogP contribution in [0.15, 0.2) is 24.3 Å². The molecule has 0 unspecified atom stereocenters. The van der Waals surface area contributed by atoms with Crippen LogP contribution < -0.4 is 10.6 Å². The Morgan fingerprint density at radius 2 is 2.04 bits per heavy atom. The number of hydrogen-bond donors (Lipinski definition) is 2. The number of benzene rings is 1. The van der Waals surface area contributed by atoms with Crippen LogP contribution in [0.5, 0.6) is 0 Å². The van der Waals surface area contributed by atoms with Crippen LogP contribution in [0.2, 0.25) is 0 Å². The summed E-state index contributed by atoms with van der Waals surface area (Å²) in [4.78, 5) is 37.8. The van der Waals surface area contributed by atoms with Gasteiger partial charge in [-0.3, -0.25) is 14.5 Å². The van der Waals surface area contributed by atoms with E-state index in [1.54, 1.807) is 0 Å². The minimum Gasteiger partial charge on any atom is -0.326 e. The molecule has 0 aromatic heterocycles. The van der Waals surface area contributed by atoms with Gasteiger partial charge in [0, 0.05) is 22.2 Å². The van der Waals surface area contributed by atoms with Gasteiger partial charge in [0.25, 0.3) is 5.91 Å². The van der Waals surface area contributed by atoms with E-state index in [0.717, 1.165) is 34.9 Å². The molecule has 2 N–H and O–H groups in total. The number of anilines is 1. The van der Waals surface area contributed by atoms with E-state index in [1.807, 2.05) is 24.3 Å². The summed E-state index contributed by atoms with van der Waals surface area (Å²) < 4.78 is 1.05. The number of carbonyl (C=O) groups is 3. The lowest BCUT2D eigenvalue weighted by molar-refractivity contribution is -0.131. The predicted octanol–water partition coefficient (Wildman–Crippen LogP) is 2.87. The van der Waals surface area contributed by atoms with Gasteiger partial charge < -0.3 is 10.6 Å². The summed E-state index contributed by atoms with van der Waals surface area (Å²) >= 11 is 2.19. The van der Waals surface area contributed by atoms with Gasteiger partial charge in [-0.25, -0.2) is 4.79 Å². The van der Waals surface area contributed by atoms with E-state index in [2.05, 4.69) is 33.2 Å². The summed E-state index contributed by atoms with van der Waals surface area (Å²) in [7, 11) is 0. The summed E-state index contributed by atoms with van der Waals surface area (Å²) in [6.07, 6.45) is 4.12. The monoisotopic (exact) mass is 441 g/mol. The lowest BCUT2D eigenvalue weighted by atomic mass is 9.98. The van der Waals surface area contributed by atoms with Crippen molar-refractivity contribution in [3.63, 3.8) is 0 Å². The normalized spacial score (nSPS) is 19.0. The van der Waals surface area contributed by atoms with Gasteiger partial charge in [-0.05, 0) is 60.1 Å². The molecule has 1 aliphatic carbocycles. The average Bonchev–Trinajstić information content (AvgIpc) is 3.08. The van der Waals surface area contributed by atoms with Crippen LogP contribution in [0.1, 0.15) is 38.5 Å². The van der Waals surface area contributed by atoms with E-state index in [0.29, 0.717) is 6.42 Å². The number of halogens is 1. The third-order valence-corrected chi connectivity index (χ3v) is 5.27. The van der Waals surface area contributed by atoms with Gasteiger partial charge in [0.1, 0.15) is 5.54 Å². The smallest absolute Gasteiger partial charge is 0.325 e. The van der Waals surface area contributed by atoms with Crippen LogP contribution in [0.3, 0.4) is 0 Å². The molecule has 4 amide bonds. The van der Waals surface area contributed by atoms with Crippen molar-refractivity contribution < 1.29 is 14.4 Å². The SMILES string of the molecule is O=C(CCCN1C(=O)NC2(CCCC2)C1=O)Nc1cccc(I)c1. The van der Waals surface area contributed by atoms with Gasteiger partial charge in [-0.1, -0.05) is 18.9 Å². The minimum absolute atomic E-state index is 0.111. The lowest BCUT2D eigenvalue weighted by Crippen LogP contribution is -2.44. The Labute approximate surface area is 154 Å². The van der Waals surface area contributed by atoms with E-state index < -0.39 is 5.54 Å². The fraction of sp³-hybridized carbons (Fsp3) is 0.471. The molecule has 1 aromatic rings. The average molecular weight is 441 g/mol. The zero-order valence-corrected chi connectivity index (χ0v) is 15.5. The van der Waals surface area contributed by atoms with Crippen molar-refractivity contribution in [1.29, 1.82) is 0 Å². The Morgan fingerprint density at radius 1 is 1.29 bits per heavy atom. The summed E-state index contributed by atoms with van der Waals surface area (Å²) in [5.41, 5.74) is 0.0897. The number of urea groups is 1. The maximum Gasteiger partial charge on any atom is 0.325 e. The van der Waals surface area contributed by atoms with Crippen LogP contribution in [-0.4, -0.2) is 34.8 Å². The number of imide groups is 1. The molecule has 3 rings (SSSR count). The Kier molecular flexibility index (Phi) is 5.07. The second-order valence-corrected chi connectivity index (χ2v) is 7.58. The molecule has 128 valence electrons. The number of rotatable bonds is 5. The molecule has 7 heteroatoms. The topological polar surface area (TPSA) is 78.5 Å². The second kappa shape index (κ2) is 7.08. The summed E-state index contributed by atoms with van der Waals surface area (Å²) in [5.74, 6) is -0.234. The lowest BCUT2D eigenvalue weighted by Gasteiger charge is -2.19. The van der Waals surface area contributed by atoms with Crippen molar-refractivity contribution in [1.82, 2.24) is 10.2 Å². The number of nitrogens with one attached hydrogen (secondary N) is 2. The van der Waals surface area contributed by atoms with Crippen LogP contribution >= 0.6 is 22.6 Å². The molecule has 1 spiro atoms. The first-order valence-corrected chi connectivity index (χ1v) is 9.28. The molecule has 2 aliphatic rings. The molecule has 1 saturated heterocycles. The third kappa shape index (κ3) is 3.55. The highest BCUT2D eigenvalue weighted by molar-refractivity contribution is 14.1. The molecule has 1 heterocycles. The first-order chi connectivity index (χ1) is 11.5. The largest absolute Gasteiger partial charge is 0.326 e. The van der Waals surface area contributed by atoms with Crippen LogP contribution in [0.4, 0.5) is 10.5 Å². The third-order valence-electron chi connectivity index (χ3n) is 4.60. The molecule has 6 nitrogen and oxygen atoms in total. The van der Waals surface area contributed by atoms with Crippen LogP contribution in [0.25, 0.3) is 0 Å².